The van der Waals surface area contributed by atoms with E-state index < -0.39 is 27.6 Å². The summed E-state index contributed by atoms with van der Waals surface area (Å²) in [5.41, 5.74) is 5.39. The molecule has 7 nitrogen and oxygen atoms in total. The molecule has 214 valence electrons. The van der Waals surface area contributed by atoms with Gasteiger partial charge in [-0.3, -0.25) is 0 Å². The molecule has 4 aromatic rings. The lowest BCUT2D eigenvalue weighted by Gasteiger charge is -2.24. The summed E-state index contributed by atoms with van der Waals surface area (Å²) in [6.07, 6.45) is 3.13. The first kappa shape index (κ1) is 27.6. The molecule has 2 bridgehead atoms. The highest BCUT2D eigenvalue weighted by atomic mass is 32.2. The van der Waals surface area contributed by atoms with Crippen molar-refractivity contribution < 1.29 is 31.9 Å². The molecule has 0 spiro atoms. The van der Waals surface area contributed by atoms with E-state index in [1.165, 1.54) is 0 Å². The predicted molar refractivity (Wildman–Crippen MR) is 163 cm³/mol. The summed E-state index contributed by atoms with van der Waals surface area (Å²) < 4.78 is 49.4. The maximum Gasteiger partial charge on any atom is 0.315 e. The van der Waals surface area contributed by atoms with E-state index in [-0.39, 0.29) is 17.9 Å². The fourth-order valence-corrected chi connectivity index (χ4v) is 6.97. The zero-order chi connectivity index (χ0) is 29.3. The van der Waals surface area contributed by atoms with E-state index >= 15 is 0 Å². The molecule has 2 aliphatic rings. The third-order valence-corrected chi connectivity index (χ3v) is 9.17. The molecule has 3 unspecified atom stereocenters. The van der Waals surface area contributed by atoms with Gasteiger partial charge in [0.15, 0.2) is 0 Å². The Hall–Kier alpha value is -4.53. The maximum atomic E-state index is 13.4. The summed E-state index contributed by atoms with van der Waals surface area (Å²) in [5.74, 6) is 1.84. The van der Waals surface area contributed by atoms with Crippen LogP contribution in [0.15, 0.2) is 97.1 Å². The predicted octanol–water partition coefficient (Wildman–Crippen LogP) is 6.44. The van der Waals surface area contributed by atoms with Crippen molar-refractivity contribution in [2.75, 3.05) is 14.2 Å². The van der Waals surface area contributed by atoms with E-state index in [2.05, 4.69) is 0 Å². The lowest BCUT2D eigenvalue weighted by atomic mass is 9.83. The quantitative estimate of drug-likeness (QED) is 0.179. The fourth-order valence-electron chi connectivity index (χ4n) is 5.56. The Morgan fingerprint density at radius 2 is 1.33 bits per heavy atom. The van der Waals surface area contributed by atoms with Crippen LogP contribution in [0.4, 0.5) is 0 Å². The molecule has 1 N–H and O–H groups in total. The minimum atomic E-state index is -3.99. The molecule has 0 amide bonds. The van der Waals surface area contributed by atoms with E-state index in [9.17, 15) is 13.5 Å². The molecular weight excluding hydrogens is 552 g/mol. The average Bonchev–Trinajstić information content (AvgIpc) is 3.61. The zero-order valence-corrected chi connectivity index (χ0v) is 24.0. The van der Waals surface area contributed by atoms with Gasteiger partial charge in [-0.15, -0.1) is 0 Å². The number of phenolic OH excluding ortho intramolecular Hbond substituents is 1. The molecule has 6 rings (SSSR count). The number of para-hydroxylation sites is 1. The Kier molecular flexibility index (Phi) is 7.49. The maximum absolute atomic E-state index is 13.4. The van der Waals surface area contributed by atoms with Crippen LogP contribution >= 0.6 is 0 Å². The first-order chi connectivity index (χ1) is 20.3. The molecular formula is C34H30O7S. The third kappa shape index (κ3) is 5.51. The lowest BCUT2D eigenvalue weighted by molar-refractivity contribution is 0.128. The van der Waals surface area contributed by atoms with Crippen molar-refractivity contribution in [2.24, 2.45) is 0 Å². The first-order valence-electron chi connectivity index (χ1n) is 13.5. The van der Waals surface area contributed by atoms with Crippen LogP contribution in [0.2, 0.25) is 0 Å². The molecule has 0 saturated carbocycles. The van der Waals surface area contributed by atoms with Gasteiger partial charge in [-0.2, -0.15) is 8.42 Å². The van der Waals surface area contributed by atoms with Crippen LogP contribution in [0.25, 0.3) is 23.3 Å². The second-order valence-corrected chi connectivity index (χ2v) is 11.9. The largest absolute Gasteiger partial charge is 0.508 e. The third-order valence-electron chi connectivity index (χ3n) is 7.56. The van der Waals surface area contributed by atoms with Gasteiger partial charge < -0.3 is 23.5 Å². The van der Waals surface area contributed by atoms with Gasteiger partial charge in [0.25, 0.3) is 0 Å². The summed E-state index contributed by atoms with van der Waals surface area (Å²) >= 11 is 0. The molecule has 42 heavy (non-hydrogen) atoms. The van der Waals surface area contributed by atoms with Gasteiger partial charge >= 0.3 is 10.1 Å². The Bertz CT molecular complexity index is 1720. The number of ether oxygens (including phenoxy) is 3. The van der Waals surface area contributed by atoms with Gasteiger partial charge in [0, 0.05) is 12.5 Å². The van der Waals surface area contributed by atoms with Crippen molar-refractivity contribution in [3.63, 3.8) is 0 Å². The number of benzene rings is 4. The van der Waals surface area contributed by atoms with Crippen LogP contribution < -0.4 is 13.7 Å². The molecule has 0 radical (unpaired) electrons. The highest BCUT2D eigenvalue weighted by Gasteiger charge is 2.53. The lowest BCUT2D eigenvalue weighted by Crippen LogP contribution is -2.35. The standard InChI is InChI=1S/C34H30O7S/c1-38-28-18-23(19-29(20-28)39-2)9-8-22-10-12-25(13-11-22)33-32(24-14-16-26(35)17-15-24)30-21-31(34(33)40-30)42(36,37)41-27-6-4-3-5-7-27/h3-20,30-31,34-35H,21H2,1-2H3/b9-8+. The van der Waals surface area contributed by atoms with Gasteiger partial charge in [0.1, 0.15) is 34.4 Å². The van der Waals surface area contributed by atoms with Crippen LogP contribution in [0, 0.1) is 0 Å². The van der Waals surface area contributed by atoms with Gasteiger partial charge in [-0.05, 0) is 69.8 Å². The van der Waals surface area contributed by atoms with Crippen molar-refractivity contribution in [1.29, 1.82) is 0 Å². The highest BCUT2D eigenvalue weighted by Crippen LogP contribution is 2.51. The smallest absolute Gasteiger partial charge is 0.315 e. The zero-order valence-electron chi connectivity index (χ0n) is 23.1. The number of methoxy groups -OCH3 is 2. The van der Waals surface area contributed by atoms with Crippen LogP contribution in [0.3, 0.4) is 0 Å². The Morgan fingerprint density at radius 1 is 0.738 bits per heavy atom. The van der Waals surface area contributed by atoms with Crippen molar-refractivity contribution >= 4 is 33.4 Å². The van der Waals surface area contributed by atoms with Crippen molar-refractivity contribution in [3.8, 4) is 23.0 Å². The number of phenols is 1. The second-order valence-electron chi connectivity index (χ2n) is 10.2. The Labute approximate surface area is 245 Å². The molecule has 0 aromatic heterocycles. The molecule has 2 heterocycles. The number of rotatable bonds is 9. The normalized spacial score (nSPS) is 19.8. The minimum absolute atomic E-state index is 0.159. The number of hydrogen-bond acceptors (Lipinski definition) is 7. The van der Waals surface area contributed by atoms with Crippen LogP contribution in [0.5, 0.6) is 23.0 Å². The van der Waals surface area contributed by atoms with Crippen molar-refractivity contribution in [2.45, 2.75) is 23.9 Å². The molecule has 2 aliphatic heterocycles. The summed E-state index contributed by atoms with van der Waals surface area (Å²) in [7, 11) is -0.755. The van der Waals surface area contributed by atoms with E-state index in [1.54, 1.807) is 56.7 Å². The monoisotopic (exact) mass is 582 g/mol. The number of aromatic hydroxyl groups is 1. The summed E-state index contributed by atoms with van der Waals surface area (Å²) in [5, 5.41) is 9.00. The van der Waals surface area contributed by atoms with Crippen LogP contribution in [0.1, 0.15) is 28.7 Å². The number of fused-ring (bicyclic) bond motifs is 2. The minimum Gasteiger partial charge on any atom is -0.508 e. The van der Waals surface area contributed by atoms with Gasteiger partial charge in [-0.25, -0.2) is 0 Å². The van der Waals surface area contributed by atoms with E-state index in [0.717, 1.165) is 33.4 Å². The molecule has 1 fully saturated rings. The summed E-state index contributed by atoms with van der Waals surface area (Å²) in [4.78, 5) is 0. The fraction of sp³-hybridized carbons (Fsp3) is 0.176. The van der Waals surface area contributed by atoms with Gasteiger partial charge in [0.2, 0.25) is 0 Å². The molecule has 0 aliphatic carbocycles. The Morgan fingerprint density at radius 3 is 1.98 bits per heavy atom. The van der Waals surface area contributed by atoms with Crippen molar-refractivity contribution in [1.82, 2.24) is 0 Å². The van der Waals surface area contributed by atoms with Gasteiger partial charge in [-0.1, -0.05) is 66.7 Å². The average molecular weight is 583 g/mol. The first-order valence-corrected chi connectivity index (χ1v) is 15.0. The van der Waals surface area contributed by atoms with E-state index in [0.29, 0.717) is 11.5 Å². The molecule has 1 saturated heterocycles. The molecule has 3 atom stereocenters. The van der Waals surface area contributed by atoms with E-state index in [4.69, 9.17) is 18.4 Å². The second kappa shape index (κ2) is 11.4. The summed E-state index contributed by atoms with van der Waals surface area (Å²) in [6.45, 7) is 0. The van der Waals surface area contributed by atoms with E-state index in [1.807, 2.05) is 66.7 Å². The topological polar surface area (TPSA) is 91.3 Å². The molecule has 8 heteroatoms. The van der Waals surface area contributed by atoms with Crippen LogP contribution in [-0.2, 0) is 14.9 Å². The molecule has 4 aromatic carbocycles. The van der Waals surface area contributed by atoms with Crippen LogP contribution in [-0.4, -0.2) is 45.2 Å². The SMILES string of the molecule is COc1cc(/C=C/c2ccc(C3=C(c4ccc(O)cc4)C4CC(S(=O)(=O)Oc5ccccc5)C3O4)cc2)cc(OC)c1. The highest BCUT2D eigenvalue weighted by molar-refractivity contribution is 7.87. The number of hydrogen-bond donors (Lipinski definition) is 1. The Balaban J connectivity index is 1.33. The van der Waals surface area contributed by atoms with Gasteiger partial charge in [0.05, 0.1) is 20.3 Å². The summed E-state index contributed by atoms with van der Waals surface area (Å²) in [6, 6.07) is 29.0. The van der Waals surface area contributed by atoms with Crippen molar-refractivity contribution in [3.05, 3.63) is 119 Å².